The van der Waals surface area contributed by atoms with Gasteiger partial charge in [-0.1, -0.05) is 0 Å². The van der Waals surface area contributed by atoms with Crippen molar-refractivity contribution in [2.45, 2.75) is 0 Å². The van der Waals surface area contributed by atoms with Gasteiger partial charge in [-0.2, -0.15) is 0 Å². The molecule has 0 amide bonds. The highest BCUT2D eigenvalue weighted by Crippen LogP contribution is 2.12. The van der Waals surface area contributed by atoms with Gasteiger partial charge in [-0.05, 0) is 24.3 Å². The predicted octanol–water partition coefficient (Wildman–Crippen LogP) is 1.47. The van der Waals surface area contributed by atoms with Crippen molar-refractivity contribution >= 4 is 5.78 Å². The van der Waals surface area contributed by atoms with Crippen LogP contribution in [0.3, 0.4) is 0 Å². The summed E-state index contributed by atoms with van der Waals surface area (Å²) in [4.78, 5) is 14.2. The molecule has 1 aromatic rings. The molecule has 0 aliphatic rings. The van der Waals surface area contributed by atoms with Gasteiger partial charge in [-0.15, -0.1) is 0 Å². The smallest absolute Gasteiger partial charge is 0.176 e. The molecule has 112 valence electrons. The second kappa shape index (κ2) is 9.47. The summed E-state index contributed by atoms with van der Waals surface area (Å²) in [6.07, 6.45) is 0. The van der Waals surface area contributed by atoms with Crippen molar-refractivity contribution in [3.63, 3.8) is 0 Å². The standard InChI is InChI=1S/C15H23NO4/c1-18-10-8-16(9-11-19-2)12-15(17)13-4-6-14(20-3)7-5-13/h4-7H,8-12H2,1-3H3. The number of carbonyl (C=O) groups is 1. The van der Waals surface area contributed by atoms with Crippen LogP contribution in [0.4, 0.5) is 0 Å². The third kappa shape index (κ3) is 5.69. The molecule has 0 aliphatic heterocycles. The van der Waals surface area contributed by atoms with Crippen molar-refractivity contribution in [2.24, 2.45) is 0 Å². The molecule has 0 heterocycles. The summed E-state index contributed by atoms with van der Waals surface area (Å²) >= 11 is 0. The van der Waals surface area contributed by atoms with Gasteiger partial charge >= 0.3 is 0 Å². The molecule has 0 radical (unpaired) electrons. The van der Waals surface area contributed by atoms with Gasteiger partial charge < -0.3 is 14.2 Å². The summed E-state index contributed by atoms with van der Waals surface area (Å²) in [6, 6.07) is 7.15. The Kier molecular flexibility index (Phi) is 7.87. The molecule has 0 bridgehead atoms. The second-order valence-electron chi connectivity index (χ2n) is 4.41. The lowest BCUT2D eigenvalue weighted by molar-refractivity contribution is 0.0837. The predicted molar refractivity (Wildman–Crippen MR) is 77.5 cm³/mol. The maximum Gasteiger partial charge on any atom is 0.176 e. The highest BCUT2D eigenvalue weighted by atomic mass is 16.5. The number of carbonyl (C=O) groups excluding carboxylic acids is 1. The van der Waals surface area contributed by atoms with Crippen molar-refractivity contribution in [1.82, 2.24) is 4.90 Å². The molecule has 0 saturated carbocycles. The first-order valence-electron chi connectivity index (χ1n) is 6.58. The van der Waals surface area contributed by atoms with Gasteiger partial charge in [-0.3, -0.25) is 9.69 Å². The Balaban J connectivity index is 2.58. The maximum absolute atomic E-state index is 12.2. The van der Waals surface area contributed by atoms with Crippen molar-refractivity contribution in [3.05, 3.63) is 29.8 Å². The minimum Gasteiger partial charge on any atom is -0.497 e. The average Bonchev–Trinajstić information content (AvgIpc) is 2.49. The molecule has 1 rings (SSSR count). The van der Waals surface area contributed by atoms with Crippen LogP contribution < -0.4 is 4.74 Å². The number of ether oxygens (including phenoxy) is 3. The van der Waals surface area contributed by atoms with E-state index in [0.717, 1.165) is 5.75 Å². The molecule has 5 nitrogen and oxygen atoms in total. The molecule has 0 aromatic heterocycles. The van der Waals surface area contributed by atoms with Crippen molar-refractivity contribution < 1.29 is 19.0 Å². The molecule has 1 aromatic carbocycles. The van der Waals surface area contributed by atoms with Crippen molar-refractivity contribution in [1.29, 1.82) is 0 Å². The fraction of sp³-hybridized carbons (Fsp3) is 0.533. The Morgan fingerprint density at radius 3 is 2.00 bits per heavy atom. The first kappa shape index (κ1) is 16.6. The number of hydrogen-bond acceptors (Lipinski definition) is 5. The summed E-state index contributed by atoms with van der Waals surface area (Å²) in [5.41, 5.74) is 0.686. The zero-order valence-electron chi connectivity index (χ0n) is 12.4. The first-order valence-corrected chi connectivity index (χ1v) is 6.58. The lowest BCUT2D eigenvalue weighted by atomic mass is 10.1. The van der Waals surface area contributed by atoms with Crippen LogP contribution in [0.25, 0.3) is 0 Å². The first-order chi connectivity index (χ1) is 9.71. The van der Waals surface area contributed by atoms with E-state index in [9.17, 15) is 4.79 Å². The zero-order valence-corrected chi connectivity index (χ0v) is 12.4. The van der Waals surface area contributed by atoms with E-state index in [1.54, 1.807) is 45.6 Å². The summed E-state index contributed by atoms with van der Waals surface area (Å²) in [7, 11) is 4.91. The number of benzene rings is 1. The van der Waals surface area contributed by atoms with E-state index in [4.69, 9.17) is 14.2 Å². The molecule has 0 unspecified atom stereocenters. The molecule has 20 heavy (non-hydrogen) atoms. The van der Waals surface area contributed by atoms with Crippen LogP contribution in [0.2, 0.25) is 0 Å². The third-order valence-electron chi connectivity index (χ3n) is 3.00. The van der Waals surface area contributed by atoms with E-state index in [2.05, 4.69) is 0 Å². The monoisotopic (exact) mass is 281 g/mol. The van der Waals surface area contributed by atoms with Crippen LogP contribution >= 0.6 is 0 Å². The molecular formula is C15H23NO4. The molecule has 0 fully saturated rings. The van der Waals surface area contributed by atoms with Gasteiger partial charge in [0.1, 0.15) is 5.75 Å². The summed E-state index contributed by atoms with van der Waals surface area (Å²) in [5.74, 6) is 0.831. The average molecular weight is 281 g/mol. The number of Topliss-reactive ketones (excluding diaryl/α,β-unsaturated/α-hetero) is 1. The molecular weight excluding hydrogens is 258 g/mol. The quantitative estimate of drug-likeness (QED) is 0.608. The lowest BCUT2D eigenvalue weighted by Crippen LogP contribution is -2.35. The molecule has 0 aliphatic carbocycles. The molecule has 0 atom stereocenters. The lowest BCUT2D eigenvalue weighted by Gasteiger charge is -2.20. The molecule has 5 heteroatoms. The number of nitrogens with zero attached hydrogens (tertiary/aromatic N) is 1. The normalized spacial score (nSPS) is 10.8. The minimum absolute atomic E-state index is 0.0832. The van der Waals surface area contributed by atoms with Crippen LogP contribution in [0, 0.1) is 0 Å². The van der Waals surface area contributed by atoms with Crippen LogP contribution in [0.15, 0.2) is 24.3 Å². The van der Waals surface area contributed by atoms with Crippen molar-refractivity contribution in [2.75, 3.05) is 54.2 Å². The number of hydrogen-bond donors (Lipinski definition) is 0. The van der Waals surface area contributed by atoms with Crippen LogP contribution in [0.5, 0.6) is 5.75 Å². The van der Waals surface area contributed by atoms with Crippen LogP contribution in [0.1, 0.15) is 10.4 Å². The maximum atomic E-state index is 12.2. The van der Waals surface area contributed by atoms with E-state index in [0.29, 0.717) is 38.4 Å². The van der Waals surface area contributed by atoms with Gasteiger partial charge in [0.05, 0.1) is 26.9 Å². The Labute approximate surface area is 120 Å². The van der Waals surface area contributed by atoms with Crippen LogP contribution in [-0.2, 0) is 9.47 Å². The molecule has 0 N–H and O–H groups in total. The number of rotatable bonds is 10. The molecule has 0 spiro atoms. The van der Waals surface area contributed by atoms with Gasteiger partial charge in [0.15, 0.2) is 5.78 Å². The van der Waals surface area contributed by atoms with E-state index in [-0.39, 0.29) is 5.78 Å². The Morgan fingerprint density at radius 1 is 1.00 bits per heavy atom. The van der Waals surface area contributed by atoms with E-state index < -0.39 is 0 Å². The third-order valence-corrected chi connectivity index (χ3v) is 3.00. The van der Waals surface area contributed by atoms with Gasteiger partial charge in [0, 0.05) is 32.9 Å². The fourth-order valence-corrected chi connectivity index (χ4v) is 1.78. The Morgan fingerprint density at radius 2 is 1.55 bits per heavy atom. The van der Waals surface area contributed by atoms with Gasteiger partial charge in [-0.25, -0.2) is 0 Å². The highest BCUT2D eigenvalue weighted by molar-refractivity contribution is 5.97. The van der Waals surface area contributed by atoms with Crippen LogP contribution in [-0.4, -0.2) is 64.9 Å². The van der Waals surface area contributed by atoms with Crippen molar-refractivity contribution in [3.8, 4) is 5.75 Å². The summed E-state index contributed by atoms with van der Waals surface area (Å²) in [6.45, 7) is 2.97. The largest absolute Gasteiger partial charge is 0.497 e. The Hall–Kier alpha value is -1.43. The van der Waals surface area contributed by atoms with E-state index >= 15 is 0 Å². The summed E-state index contributed by atoms with van der Waals surface area (Å²) < 4.78 is 15.2. The SMILES string of the molecule is COCCN(CCOC)CC(=O)c1ccc(OC)cc1. The molecule has 0 saturated heterocycles. The van der Waals surface area contributed by atoms with Gasteiger partial charge in [0.2, 0.25) is 0 Å². The second-order valence-corrected chi connectivity index (χ2v) is 4.41. The highest BCUT2D eigenvalue weighted by Gasteiger charge is 2.12. The topological polar surface area (TPSA) is 48.0 Å². The fourth-order valence-electron chi connectivity index (χ4n) is 1.78. The minimum atomic E-state index is 0.0832. The summed E-state index contributed by atoms with van der Waals surface area (Å²) in [5, 5.41) is 0. The zero-order chi connectivity index (χ0) is 14.8. The van der Waals surface area contributed by atoms with E-state index in [1.165, 1.54) is 0 Å². The van der Waals surface area contributed by atoms with Gasteiger partial charge in [0.25, 0.3) is 0 Å². The number of methoxy groups -OCH3 is 3. The number of ketones is 1. The Bertz CT molecular complexity index is 383. The van der Waals surface area contributed by atoms with E-state index in [1.807, 2.05) is 4.90 Å².